The van der Waals surface area contributed by atoms with Crippen molar-refractivity contribution in [1.82, 2.24) is 25.4 Å². The van der Waals surface area contributed by atoms with Gasteiger partial charge in [0.25, 0.3) is 0 Å². The summed E-state index contributed by atoms with van der Waals surface area (Å²) in [7, 11) is 4.10. The lowest BCUT2D eigenvalue weighted by Crippen LogP contribution is -2.41. The number of carbonyl (C=O) groups is 1. The number of H-pyrrole nitrogens is 1. The highest BCUT2D eigenvalue weighted by Gasteiger charge is 2.27. The molecule has 3 heterocycles. The molecule has 2 aromatic heterocycles. The molecule has 178 valence electrons. The minimum Gasteiger partial charge on any atom is -0.356 e. The Morgan fingerprint density at radius 1 is 1.15 bits per heavy atom. The lowest BCUT2D eigenvalue weighted by Gasteiger charge is -2.32. The van der Waals surface area contributed by atoms with Crippen molar-refractivity contribution in [2.24, 2.45) is 5.92 Å². The molecule has 1 fully saturated rings. The number of anilines is 1. The van der Waals surface area contributed by atoms with E-state index in [-0.39, 0.29) is 19.3 Å². The first-order valence-electron chi connectivity index (χ1n) is 11.5. The van der Waals surface area contributed by atoms with Crippen molar-refractivity contribution >= 4 is 22.6 Å². The average molecular weight is 451 g/mol. The molecule has 0 unspecified atom stereocenters. The van der Waals surface area contributed by atoms with Gasteiger partial charge in [0.1, 0.15) is 0 Å². The topological polar surface area (TPSA) is 77.2 Å². The summed E-state index contributed by atoms with van der Waals surface area (Å²) >= 11 is 0. The lowest BCUT2D eigenvalue weighted by molar-refractivity contribution is -0.125. The third-order valence-corrected chi connectivity index (χ3v) is 6.33. The zero-order valence-electron chi connectivity index (χ0n) is 19.6. The highest BCUT2D eigenvalue weighted by molar-refractivity contribution is 5.94. The van der Waals surface area contributed by atoms with E-state index in [9.17, 15) is 4.79 Å². The van der Waals surface area contributed by atoms with E-state index in [1.807, 2.05) is 6.92 Å². The molecule has 1 aliphatic rings. The standard InChI is InChI=1S/C25H34N6O.CH4/c1-17-6-8-19(9-7-17)22-16-21-18(2)28-29-24(23(21)27-22)31-14-10-20(11-15-31)25(32)26-12-5-13-30(3)4;/h6-9,16,20,27H,5,10-15H2,1-4H3,(H,26,32);1H4. The number of piperidine rings is 1. The molecule has 0 saturated carbocycles. The molecule has 33 heavy (non-hydrogen) atoms. The van der Waals surface area contributed by atoms with Gasteiger partial charge in [0, 0.05) is 36.6 Å². The summed E-state index contributed by atoms with van der Waals surface area (Å²) in [5, 5.41) is 13.2. The fourth-order valence-corrected chi connectivity index (χ4v) is 4.36. The van der Waals surface area contributed by atoms with Crippen LogP contribution < -0.4 is 10.2 Å². The van der Waals surface area contributed by atoms with Crippen LogP contribution in [0.25, 0.3) is 22.2 Å². The van der Waals surface area contributed by atoms with Gasteiger partial charge in [-0.3, -0.25) is 4.79 Å². The van der Waals surface area contributed by atoms with Gasteiger partial charge in [-0.2, -0.15) is 5.10 Å². The fourth-order valence-electron chi connectivity index (χ4n) is 4.36. The van der Waals surface area contributed by atoms with Gasteiger partial charge in [-0.25, -0.2) is 0 Å². The molecule has 7 heteroatoms. The first-order chi connectivity index (χ1) is 15.4. The van der Waals surface area contributed by atoms with Crippen molar-refractivity contribution in [3.8, 4) is 11.3 Å². The zero-order valence-corrected chi connectivity index (χ0v) is 19.6. The first-order valence-corrected chi connectivity index (χ1v) is 11.5. The quantitative estimate of drug-likeness (QED) is 0.529. The molecule has 1 aromatic carbocycles. The lowest BCUT2D eigenvalue weighted by atomic mass is 9.96. The second-order valence-electron chi connectivity index (χ2n) is 9.16. The van der Waals surface area contributed by atoms with Gasteiger partial charge in [-0.05, 0) is 65.4 Å². The Hall–Kier alpha value is -2.93. The Labute approximate surface area is 197 Å². The molecular formula is C26H38N6O. The van der Waals surface area contributed by atoms with Crippen LogP contribution >= 0.6 is 0 Å². The predicted octanol–water partition coefficient (Wildman–Crippen LogP) is 4.16. The van der Waals surface area contributed by atoms with Gasteiger partial charge in [0.05, 0.1) is 11.2 Å². The molecule has 7 nitrogen and oxygen atoms in total. The van der Waals surface area contributed by atoms with Gasteiger partial charge in [0.2, 0.25) is 5.91 Å². The van der Waals surface area contributed by atoms with E-state index in [1.54, 1.807) is 0 Å². The Morgan fingerprint density at radius 3 is 2.52 bits per heavy atom. The summed E-state index contributed by atoms with van der Waals surface area (Å²) in [4.78, 5) is 20.5. The number of nitrogens with zero attached hydrogens (tertiary/aromatic N) is 4. The molecule has 0 radical (unpaired) electrons. The van der Waals surface area contributed by atoms with Crippen LogP contribution in [0.2, 0.25) is 0 Å². The summed E-state index contributed by atoms with van der Waals surface area (Å²) in [6.07, 6.45) is 2.65. The summed E-state index contributed by atoms with van der Waals surface area (Å²) in [6, 6.07) is 10.7. The SMILES string of the molecule is C.Cc1ccc(-c2cc3c(C)nnc(N4CCC(C(=O)NCCCN(C)C)CC4)c3[nH]2)cc1. The normalized spacial score (nSPS) is 14.5. The molecule has 1 saturated heterocycles. The monoisotopic (exact) mass is 450 g/mol. The third-order valence-electron chi connectivity index (χ3n) is 6.33. The average Bonchev–Trinajstić information content (AvgIpc) is 3.24. The summed E-state index contributed by atoms with van der Waals surface area (Å²) in [6.45, 7) is 7.44. The van der Waals surface area contributed by atoms with E-state index >= 15 is 0 Å². The number of nitrogens with one attached hydrogen (secondary N) is 2. The third kappa shape index (κ3) is 5.71. The van der Waals surface area contributed by atoms with Crippen LogP contribution in [0.1, 0.15) is 37.9 Å². The molecule has 4 rings (SSSR count). The van der Waals surface area contributed by atoms with E-state index in [0.717, 1.165) is 79.1 Å². The largest absolute Gasteiger partial charge is 0.356 e. The maximum Gasteiger partial charge on any atom is 0.223 e. The van der Waals surface area contributed by atoms with Crippen molar-refractivity contribution in [2.45, 2.75) is 40.5 Å². The van der Waals surface area contributed by atoms with E-state index in [2.05, 4.69) is 81.6 Å². The van der Waals surface area contributed by atoms with Crippen LogP contribution in [0.3, 0.4) is 0 Å². The van der Waals surface area contributed by atoms with Crippen molar-refractivity contribution in [2.75, 3.05) is 45.2 Å². The van der Waals surface area contributed by atoms with E-state index in [0.29, 0.717) is 0 Å². The zero-order chi connectivity index (χ0) is 22.7. The van der Waals surface area contributed by atoms with Crippen molar-refractivity contribution < 1.29 is 4.79 Å². The predicted molar refractivity (Wildman–Crippen MR) is 137 cm³/mol. The number of aromatic amines is 1. The Balaban J connectivity index is 0.00000306. The highest BCUT2D eigenvalue weighted by Crippen LogP contribution is 2.32. The van der Waals surface area contributed by atoms with Crippen molar-refractivity contribution in [3.63, 3.8) is 0 Å². The molecule has 0 atom stereocenters. The number of amides is 1. The summed E-state index contributed by atoms with van der Waals surface area (Å²) in [5.41, 5.74) is 5.42. The van der Waals surface area contributed by atoms with E-state index in [4.69, 9.17) is 0 Å². The number of hydrogen-bond donors (Lipinski definition) is 2. The fraction of sp³-hybridized carbons (Fsp3) is 0.500. The number of hydrogen-bond acceptors (Lipinski definition) is 5. The molecule has 0 aliphatic carbocycles. The summed E-state index contributed by atoms with van der Waals surface area (Å²) in [5.74, 6) is 1.14. The first kappa shape index (κ1) is 24.7. The Morgan fingerprint density at radius 2 is 1.85 bits per heavy atom. The molecule has 0 spiro atoms. The van der Waals surface area contributed by atoms with Crippen LogP contribution in [0.4, 0.5) is 5.82 Å². The molecular weight excluding hydrogens is 412 g/mol. The van der Waals surface area contributed by atoms with Crippen LogP contribution in [0.5, 0.6) is 0 Å². The molecule has 1 aliphatic heterocycles. The maximum absolute atomic E-state index is 12.5. The second-order valence-corrected chi connectivity index (χ2v) is 9.16. The van der Waals surface area contributed by atoms with Gasteiger partial charge < -0.3 is 20.1 Å². The number of benzene rings is 1. The van der Waals surface area contributed by atoms with Crippen molar-refractivity contribution in [3.05, 3.63) is 41.6 Å². The van der Waals surface area contributed by atoms with Crippen LogP contribution in [-0.2, 0) is 4.79 Å². The van der Waals surface area contributed by atoms with Gasteiger partial charge >= 0.3 is 0 Å². The Bertz CT molecular complexity index is 1060. The number of carbonyl (C=O) groups excluding carboxylic acids is 1. The van der Waals surface area contributed by atoms with Crippen molar-refractivity contribution in [1.29, 1.82) is 0 Å². The number of aryl methyl sites for hydroxylation is 2. The van der Waals surface area contributed by atoms with Gasteiger partial charge in [0.15, 0.2) is 5.82 Å². The number of rotatable bonds is 7. The maximum atomic E-state index is 12.5. The summed E-state index contributed by atoms with van der Waals surface area (Å²) < 4.78 is 0. The van der Waals surface area contributed by atoms with Crippen LogP contribution in [0, 0.1) is 19.8 Å². The molecule has 1 amide bonds. The van der Waals surface area contributed by atoms with Gasteiger partial charge in [-0.1, -0.05) is 37.3 Å². The van der Waals surface area contributed by atoms with E-state index in [1.165, 1.54) is 5.56 Å². The van der Waals surface area contributed by atoms with Gasteiger partial charge in [-0.15, -0.1) is 5.10 Å². The second kappa shape index (κ2) is 10.8. The van der Waals surface area contributed by atoms with E-state index < -0.39 is 0 Å². The smallest absolute Gasteiger partial charge is 0.223 e. The minimum absolute atomic E-state index is 0. The van der Waals surface area contributed by atoms with Crippen LogP contribution in [0.15, 0.2) is 30.3 Å². The minimum atomic E-state index is 0. The molecule has 0 bridgehead atoms. The molecule has 2 N–H and O–H groups in total. The Kier molecular flexibility index (Phi) is 8.08. The molecule has 3 aromatic rings. The van der Waals surface area contributed by atoms with Crippen LogP contribution in [-0.4, -0.2) is 66.3 Å². The highest BCUT2D eigenvalue weighted by atomic mass is 16.1. The number of fused-ring (bicyclic) bond motifs is 1. The number of aromatic nitrogens is 3.